The van der Waals surface area contributed by atoms with Crippen LogP contribution in [0.4, 0.5) is 5.69 Å². The number of amides is 1. The number of Topliss-reactive ketones (excluding diaryl/α,β-unsaturated/α-hetero) is 1. The topological polar surface area (TPSA) is 76.7 Å². The van der Waals surface area contributed by atoms with Gasteiger partial charge in [0.1, 0.15) is 0 Å². The van der Waals surface area contributed by atoms with Crippen LogP contribution in [0.5, 0.6) is 11.5 Å². The summed E-state index contributed by atoms with van der Waals surface area (Å²) in [6.07, 6.45) is 0.773. The van der Waals surface area contributed by atoms with E-state index in [-0.39, 0.29) is 18.2 Å². The highest BCUT2D eigenvalue weighted by molar-refractivity contribution is 5.98. The van der Waals surface area contributed by atoms with Crippen molar-refractivity contribution in [2.24, 2.45) is 0 Å². The third-order valence-electron chi connectivity index (χ3n) is 3.85. The molecule has 0 fully saturated rings. The van der Waals surface area contributed by atoms with Gasteiger partial charge in [-0.25, -0.2) is 0 Å². The third kappa shape index (κ3) is 5.60. The Morgan fingerprint density at radius 3 is 2.27 bits per heavy atom. The van der Waals surface area contributed by atoms with E-state index in [9.17, 15) is 9.59 Å². The van der Waals surface area contributed by atoms with E-state index in [1.54, 1.807) is 38.5 Å². The summed E-state index contributed by atoms with van der Waals surface area (Å²) >= 11 is 0. The highest BCUT2D eigenvalue weighted by Gasteiger charge is 2.07. The summed E-state index contributed by atoms with van der Waals surface area (Å²) in [6.45, 7) is 2.37. The van der Waals surface area contributed by atoms with Crippen LogP contribution in [-0.2, 0) is 11.2 Å². The van der Waals surface area contributed by atoms with Crippen LogP contribution < -0.4 is 20.1 Å². The summed E-state index contributed by atoms with van der Waals surface area (Å²) in [5.74, 6) is 1.26. The molecule has 0 radical (unpaired) electrons. The van der Waals surface area contributed by atoms with Gasteiger partial charge in [-0.05, 0) is 54.9 Å². The first-order chi connectivity index (χ1) is 12.5. The van der Waals surface area contributed by atoms with Crippen molar-refractivity contribution in [2.45, 2.75) is 13.3 Å². The van der Waals surface area contributed by atoms with Crippen molar-refractivity contribution < 1.29 is 19.1 Å². The summed E-state index contributed by atoms with van der Waals surface area (Å²) in [5, 5.41) is 5.83. The Morgan fingerprint density at radius 1 is 0.962 bits per heavy atom. The van der Waals surface area contributed by atoms with E-state index >= 15 is 0 Å². The van der Waals surface area contributed by atoms with Crippen LogP contribution in [0.1, 0.15) is 22.8 Å². The second-order valence-electron chi connectivity index (χ2n) is 5.80. The first kappa shape index (κ1) is 19.5. The summed E-state index contributed by atoms with van der Waals surface area (Å²) < 4.78 is 10.5. The molecule has 0 unspecified atom stereocenters. The van der Waals surface area contributed by atoms with Crippen LogP contribution in [0.15, 0.2) is 42.5 Å². The van der Waals surface area contributed by atoms with Crippen LogP contribution in [-0.4, -0.2) is 39.0 Å². The van der Waals surface area contributed by atoms with Crippen molar-refractivity contribution in [1.29, 1.82) is 0 Å². The molecule has 2 aromatic carbocycles. The van der Waals surface area contributed by atoms with Gasteiger partial charge in [0.2, 0.25) is 5.91 Å². The summed E-state index contributed by atoms with van der Waals surface area (Å²) in [6, 6.07) is 12.6. The molecule has 6 heteroatoms. The molecule has 2 N–H and O–H groups in total. The van der Waals surface area contributed by atoms with E-state index in [2.05, 4.69) is 10.6 Å². The molecule has 0 aromatic heterocycles. The fourth-order valence-corrected chi connectivity index (χ4v) is 2.52. The molecule has 0 bridgehead atoms. The Bertz CT molecular complexity index is 757. The second kappa shape index (κ2) is 9.58. The molecular weight excluding hydrogens is 332 g/mol. The van der Waals surface area contributed by atoms with Gasteiger partial charge in [0.25, 0.3) is 0 Å². The molecule has 2 rings (SSSR count). The minimum atomic E-state index is -0.138. The maximum atomic E-state index is 12.2. The molecule has 6 nitrogen and oxygen atoms in total. The maximum Gasteiger partial charge on any atom is 0.221 e. The molecule has 0 aliphatic carbocycles. The predicted octanol–water partition coefficient (Wildman–Crippen LogP) is 2.68. The first-order valence-corrected chi connectivity index (χ1v) is 8.36. The van der Waals surface area contributed by atoms with Gasteiger partial charge in [0, 0.05) is 18.2 Å². The number of methoxy groups -OCH3 is 2. The standard InChI is InChI=1S/C20H24N2O4/c1-14(23)22-17-7-5-16(6-8-17)18(24)13-21-11-10-15-4-9-19(25-2)20(12-15)26-3/h4-9,12,21H,10-11,13H2,1-3H3,(H,22,23). The minimum Gasteiger partial charge on any atom is -0.493 e. The Morgan fingerprint density at radius 2 is 1.65 bits per heavy atom. The maximum absolute atomic E-state index is 12.2. The zero-order chi connectivity index (χ0) is 18.9. The number of carbonyl (C=O) groups excluding carboxylic acids is 2. The molecular formula is C20H24N2O4. The quantitative estimate of drug-likeness (QED) is 0.534. The van der Waals surface area contributed by atoms with Gasteiger partial charge in [-0.3, -0.25) is 9.59 Å². The summed E-state index contributed by atoms with van der Waals surface area (Å²) in [7, 11) is 3.21. The predicted molar refractivity (Wildman–Crippen MR) is 101 cm³/mol. The number of ketones is 1. The number of carbonyl (C=O) groups is 2. The SMILES string of the molecule is COc1ccc(CCNCC(=O)c2ccc(NC(C)=O)cc2)cc1OC. The van der Waals surface area contributed by atoms with Crippen LogP contribution in [0.3, 0.4) is 0 Å². The molecule has 1 amide bonds. The largest absolute Gasteiger partial charge is 0.493 e. The monoisotopic (exact) mass is 356 g/mol. The Hall–Kier alpha value is -2.86. The number of hydrogen-bond acceptors (Lipinski definition) is 5. The molecule has 2 aromatic rings. The first-order valence-electron chi connectivity index (χ1n) is 8.36. The lowest BCUT2D eigenvalue weighted by molar-refractivity contribution is -0.114. The van der Waals surface area contributed by atoms with Crippen molar-refractivity contribution in [3.05, 3.63) is 53.6 Å². The van der Waals surface area contributed by atoms with Gasteiger partial charge in [-0.1, -0.05) is 6.07 Å². The Kier molecular flexibility index (Phi) is 7.17. The third-order valence-corrected chi connectivity index (χ3v) is 3.85. The second-order valence-corrected chi connectivity index (χ2v) is 5.80. The zero-order valence-electron chi connectivity index (χ0n) is 15.3. The summed E-state index contributed by atoms with van der Waals surface area (Å²) in [4.78, 5) is 23.2. The van der Waals surface area contributed by atoms with E-state index in [1.807, 2.05) is 18.2 Å². The Balaban J connectivity index is 1.80. The lowest BCUT2D eigenvalue weighted by atomic mass is 10.1. The zero-order valence-corrected chi connectivity index (χ0v) is 15.3. The normalized spacial score (nSPS) is 10.3. The van der Waals surface area contributed by atoms with Crippen molar-refractivity contribution in [3.8, 4) is 11.5 Å². The van der Waals surface area contributed by atoms with Gasteiger partial charge < -0.3 is 20.1 Å². The van der Waals surface area contributed by atoms with Crippen LogP contribution in [0.25, 0.3) is 0 Å². The summed E-state index contributed by atoms with van der Waals surface area (Å²) in [5.41, 5.74) is 2.38. The fraction of sp³-hybridized carbons (Fsp3) is 0.300. The average Bonchev–Trinajstić information content (AvgIpc) is 2.65. The number of ether oxygens (including phenoxy) is 2. The Labute approximate surface area is 153 Å². The molecule has 0 heterocycles. The highest BCUT2D eigenvalue weighted by atomic mass is 16.5. The molecule has 0 saturated heterocycles. The smallest absolute Gasteiger partial charge is 0.221 e. The molecule has 0 atom stereocenters. The van der Waals surface area contributed by atoms with Crippen molar-refractivity contribution in [2.75, 3.05) is 32.6 Å². The molecule has 0 aliphatic rings. The molecule has 0 saturated carbocycles. The van der Waals surface area contributed by atoms with E-state index in [1.165, 1.54) is 6.92 Å². The molecule has 0 aliphatic heterocycles. The molecule has 0 spiro atoms. The molecule has 26 heavy (non-hydrogen) atoms. The van der Waals surface area contributed by atoms with Gasteiger partial charge in [0.15, 0.2) is 17.3 Å². The van der Waals surface area contributed by atoms with E-state index < -0.39 is 0 Å². The van der Waals surface area contributed by atoms with Crippen molar-refractivity contribution in [3.63, 3.8) is 0 Å². The van der Waals surface area contributed by atoms with Crippen molar-refractivity contribution >= 4 is 17.4 Å². The lowest BCUT2D eigenvalue weighted by Crippen LogP contribution is -2.25. The highest BCUT2D eigenvalue weighted by Crippen LogP contribution is 2.27. The van der Waals surface area contributed by atoms with Gasteiger partial charge in [-0.15, -0.1) is 0 Å². The van der Waals surface area contributed by atoms with Gasteiger partial charge in [0.05, 0.1) is 20.8 Å². The number of anilines is 1. The minimum absolute atomic E-state index is 0.00619. The average molecular weight is 356 g/mol. The van der Waals surface area contributed by atoms with Crippen LogP contribution >= 0.6 is 0 Å². The van der Waals surface area contributed by atoms with Crippen molar-refractivity contribution in [1.82, 2.24) is 5.32 Å². The van der Waals surface area contributed by atoms with E-state index in [4.69, 9.17) is 9.47 Å². The van der Waals surface area contributed by atoms with E-state index in [0.29, 0.717) is 29.3 Å². The van der Waals surface area contributed by atoms with Gasteiger partial charge >= 0.3 is 0 Å². The molecule has 138 valence electrons. The van der Waals surface area contributed by atoms with Crippen LogP contribution in [0.2, 0.25) is 0 Å². The number of hydrogen-bond donors (Lipinski definition) is 2. The van der Waals surface area contributed by atoms with E-state index in [0.717, 1.165) is 12.0 Å². The lowest BCUT2D eigenvalue weighted by Gasteiger charge is -2.10. The fourth-order valence-electron chi connectivity index (χ4n) is 2.52. The van der Waals surface area contributed by atoms with Gasteiger partial charge in [-0.2, -0.15) is 0 Å². The number of benzene rings is 2. The number of nitrogens with one attached hydrogen (secondary N) is 2. The van der Waals surface area contributed by atoms with Crippen LogP contribution in [0, 0.1) is 0 Å². The number of rotatable bonds is 9.